The monoisotopic (exact) mass is 347 g/mol. The van der Waals surface area contributed by atoms with E-state index in [0.29, 0.717) is 11.3 Å². The Morgan fingerprint density at radius 3 is 2.88 bits per heavy atom. The van der Waals surface area contributed by atoms with Gasteiger partial charge in [0.15, 0.2) is 12.1 Å². The summed E-state index contributed by atoms with van der Waals surface area (Å²) in [6.45, 7) is -0.773. The molecule has 1 aromatic carbocycles. The van der Waals surface area contributed by atoms with E-state index < -0.39 is 42.5 Å². The van der Waals surface area contributed by atoms with Gasteiger partial charge in [-0.05, 0) is 6.07 Å². The number of carbonyl (C=O) groups is 4. The highest BCUT2D eigenvalue weighted by molar-refractivity contribution is 6.09. The van der Waals surface area contributed by atoms with Gasteiger partial charge in [-0.3, -0.25) is 19.3 Å². The molecule has 2 N–H and O–H groups in total. The molecule has 0 bridgehead atoms. The summed E-state index contributed by atoms with van der Waals surface area (Å²) in [6.07, 6.45) is 0.262. The third-order valence-corrected chi connectivity index (χ3v) is 4.19. The van der Waals surface area contributed by atoms with Crippen molar-refractivity contribution in [3.63, 3.8) is 0 Å². The van der Waals surface area contributed by atoms with E-state index >= 15 is 0 Å². The predicted octanol–water partition coefficient (Wildman–Crippen LogP) is -0.495. The van der Waals surface area contributed by atoms with Gasteiger partial charge in [-0.25, -0.2) is 4.79 Å². The smallest absolute Gasteiger partial charge is 0.326 e. The lowest BCUT2D eigenvalue weighted by Crippen LogP contribution is -2.47. The zero-order valence-electron chi connectivity index (χ0n) is 13.5. The molecule has 132 valence electrons. The summed E-state index contributed by atoms with van der Waals surface area (Å²) >= 11 is 0. The highest BCUT2D eigenvalue weighted by Gasteiger charge is 2.55. The number of nitrogens with zero attached hydrogens (tertiary/aromatic N) is 1. The fraction of sp³-hybridized carbons (Fsp3) is 0.375. The summed E-state index contributed by atoms with van der Waals surface area (Å²) in [5.74, 6) is -1.35. The molecule has 3 rings (SSSR count). The molecule has 0 aliphatic carbocycles. The van der Waals surface area contributed by atoms with Crippen molar-refractivity contribution in [1.29, 1.82) is 0 Å². The average molecular weight is 347 g/mol. The Morgan fingerprint density at radius 1 is 1.36 bits per heavy atom. The van der Waals surface area contributed by atoms with E-state index in [0.717, 1.165) is 4.90 Å². The SMILES string of the molecule is CNC(=O)COC(=O)CN1C(=O)N[C@@]2(CCOc3ccccc32)C1=O. The molecule has 2 heterocycles. The quantitative estimate of drug-likeness (QED) is 0.561. The van der Waals surface area contributed by atoms with Gasteiger partial charge in [0, 0.05) is 19.0 Å². The Labute approximate surface area is 143 Å². The van der Waals surface area contributed by atoms with E-state index in [9.17, 15) is 19.2 Å². The number of ether oxygens (including phenoxy) is 2. The minimum Gasteiger partial charge on any atom is -0.493 e. The summed E-state index contributed by atoms with van der Waals surface area (Å²) in [5.41, 5.74) is -0.687. The number of nitrogens with one attached hydrogen (secondary N) is 2. The predicted molar refractivity (Wildman–Crippen MR) is 83.5 cm³/mol. The number of likely N-dealkylation sites (N-methyl/N-ethyl adjacent to an activating group) is 1. The maximum Gasteiger partial charge on any atom is 0.326 e. The van der Waals surface area contributed by atoms with Crippen molar-refractivity contribution in [3.05, 3.63) is 29.8 Å². The molecule has 1 saturated heterocycles. The lowest BCUT2D eigenvalue weighted by molar-refractivity contribution is -0.151. The first-order chi connectivity index (χ1) is 12.0. The molecule has 9 nitrogen and oxygen atoms in total. The Balaban J connectivity index is 1.77. The first-order valence-corrected chi connectivity index (χ1v) is 7.70. The molecule has 0 aromatic heterocycles. The Kier molecular flexibility index (Phi) is 4.30. The number of hydrogen-bond acceptors (Lipinski definition) is 6. The lowest BCUT2D eigenvalue weighted by Gasteiger charge is -2.33. The molecular weight excluding hydrogens is 330 g/mol. The van der Waals surface area contributed by atoms with Crippen LogP contribution in [0.4, 0.5) is 4.79 Å². The Bertz CT molecular complexity index is 749. The van der Waals surface area contributed by atoms with Crippen molar-refractivity contribution in [1.82, 2.24) is 15.5 Å². The van der Waals surface area contributed by atoms with Gasteiger partial charge in [-0.2, -0.15) is 0 Å². The maximum absolute atomic E-state index is 12.9. The molecule has 0 radical (unpaired) electrons. The molecule has 2 aliphatic rings. The van der Waals surface area contributed by atoms with Gasteiger partial charge in [-0.1, -0.05) is 18.2 Å². The Hall–Kier alpha value is -3.10. The summed E-state index contributed by atoms with van der Waals surface area (Å²) in [4.78, 5) is 48.9. The number of fused-ring (bicyclic) bond motifs is 2. The van der Waals surface area contributed by atoms with Gasteiger partial charge in [-0.15, -0.1) is 0 Å². The molecule has 0 saturated carbocycles. The molecule has 4 amide bonds. The van der Waals surface area contributed by atoms with Crippen LogP contribution >= 0.6 is 0 Å². The van der Waals surface area contributed by atoms with Crippen LogP contribution in [0.25, 0.3) is 0 Å². The molecular formula is C16H17N3O6. The minimum atomic E-state index is -1.24. The van der Waals surface area contributed by atoms with Crippen molar-refractivity contribution in [2.75, 3.05) is 26.8 Å². The number of amides is 4. The van der Waals surface area contributed by atoms with Gasteiger partial charge < -0.3 is 20.1 Å². The van der Waals surface area contributed by atoms with E-state index in [1.54, 1.807) is 24.3 Å². The molecule has 1 fully saturated rings. The van der Waals surface area contributed by atoms with Crippen LogP contribution < -0.4 is 15.4 Å². The summed E-state index contributed by atoms with van der Waals surface area (Å²) in [6, 6.07) is 6.26. The van der Waals surface area contributed by atoms with E-state index in [1.165, 1.54) is 7.05 Å². The summed E-state index contributed by atoms with van der Waals surface area (Å²) in [5, 5.41) is 4.98. The second kappa shape index (κ2) is 6.42. The van der Waals surface area contributed by atoms with Crippen molar-refractivity contribution in [2.45, 2.75) is 12.0 Å². The van der Waals surface area contributed by atoms with Crippen LogP contribution in [0, 0.1) is 0 Å². The van der Waals surface area contributed by atoms with Gasteiger partial charge in [0.1, 0.15) is 12.3 Å². The van der Waals surface area contributed by atoms with E-state index in [1.807, 2.05) is 0 Å². The second-order valence-corrected chi connectivity index (χ2v) is 5.66. The van der Waals surface area contributed by atoms with Crippen LogP contribution in [0.15, 0.2) is 24.3 Å². The molecule has 9 heteroatoms. The number of hydrogen-bond donors (Lipinski definition) is 2. The van der Waals surface area contributed by atoms with Crippen molar-refractivity contribution >= 4 is 23.8 Å². The molecule has 1 aromatic rings. The van der Waals surface area contributed by atoms with E-state index in [2.05, 4.69) is 10.6 Å². The fourth-order valence-electron chi connectivity index (χ4n) is 2.91. The van der Waals surface area contributed by atoms with Crippen molar-refractivity contribution < 1.29 is 28.7 Å². The number of carbonyl (C=O) groups excluding carboxylic acids is 4. The van der Waals surface area contributed by atoms with Crippen LogP contribution in [-0.2, 0) is 24.7 Å². The van der Waals surface area contributed by atoms with Crippen molar-refractivity contribution in [3.8, 4) is 5.75 Å². The standard InChI is InChI=1S/C16H17N3O6/c1-17-12(20)9-25-13(21)8-19-14(22)16(18-15(19)23)6-7-24-11-5-3-2-4-10(11)16/h2-5H,6-9H2,1H3,(H,17,20)(H,18,23)/t16-/m1/s1. The number of benzene rings is 1. The first kappa shape index (κ1) is 16.7. The highest BCUT2D eigenvalue weighted by atomic mass is 16.5. The van der Waals surface area contributed by atoms with Crippen LogP contribution in [-0.4, -0.2) is 55.5 Å². The largest absolute Gasteiger partial charge is 0.493 e. The molecule has 1 atom stereocenters. The molecule has 2 aliphatic heterocycles. The number of imide groups is 1. The third-order valence-electron chi connectivity index (χ3n) is 4.19. The lowest BCUT2D eigenvalue weighted by atomic mass is 9.84. The third kappa shape index (κ3) is 2.88. The highest BCUT2D eigenvalue weighted by Crippen LogP contribution is 2.40. The van der Waals surface area contributed by atoms with E-state index in [-0.39, 0.29) is 13.0 Å². The minimum absolute atomic E-state index is 0.262. The summed E-state index contributed by atoms with van der Waals surface area (Å²) in [7, 11) is 1.40. The van der Waals surface area contributed by atoms with Crippen molar-refractivity contribution in [2.24, 2.45) is 0 Å². The summed E-state index contributed by atoms with van der Waals surface area (Å²) < 4.78 is 10.3. The number of para-hydroxylation sites is 1. The zero-order valence-corrected chi connectivity index (χ0v) is 13.5. The topological polar surface area (TPSA) is 114 Å². The second-order valence-electron chi connectivity index (χ2n) is 5.66. The normalized spacial score (nSPS) is 21.4. The first-order valence-electron chi connectivity index (χ1n) is 7.70. The molecule has 25 heavy (non-hydrogen) atoms. The maximum atomic E-state index is 12.9. The van der Waals surface area contributed by atoms with Crippen LogP contribution in [0.3, 0.4) is 0 Å². The number of rotatable bonds is 4. The fourth-order valence-corrected chi connectivity index (χ4v) is 2.91. The zero-order chi connectivity index (χ0) is 18.0. The van der Waals surface area contributed by atoms with Crippen LogP contribution in [0.5, 0.6) is 5.75 Å². The number of urea groups is 1. The Morgan fingerprint density at radius 2 is 2.12 bits per heavy atom. The molecule has 0 unspecified atom stereocenters. The average Bonchev–Trinajstić information content (AvgIpc) is 2.85. The van der Waals surface area contributed by atoms with Gasteiger partial charge in [0.05, 0.1) is 6.61 Å². The van der Waals surface area contributed by atoms with Gasteiger partial charge >= 0.3 is 12.0 Å². The van der Waals surface area contributed by atoms with Gasteiger partial charge in [0.25, 0.3) is 11.8 Å². The van der Waals surface area contributed by atoms with Crippen LogP contribution in [0.1, 0.15) is 12.0 Å². The molecule has 1 spiro atoms. The van der Waals surface area contributed by atoms with Crippen LogP contribution in [0.2, 0.25) is 0 Å². The van der Waals surface area contributed by atoms with E-state index in [4.69, 9.17) is 9.47 Å². The number of esters is 1. The van der Waals surface area contributed by atoms with Gasteiger partial charge in [0.2, 0.25) is 0 Å².